The Hall–Kier alpha value is -0.540. The second-order valence-electron chi connectivity index (χ2n) is 0.790. The third-order valence-electron chi connectivity index (χ3n) is 0.345. The van der Waals surface area contributed by atoms with Crippen LogP contribution in [-0.2, 0) is 0 Å². The minimum atomic E-state index is 0.413. The molecule has 0 aliphatic carbocycles. The predicted molar refractivity (Wildman–Crippen MR) is 23.1 cm³/mol. The molecule has 3 nitrogen and oxygen atoms in total. The van der Waals surface area contributed by atoms with E-state index in [1.54, 1.807) is 6.08 Å². The van der Waals surface area contributed by atoms with Gasteiger partial charge in [-0.05, 0) is 6.20 Å². The second kappa shape index (κ2) is 4.46. The largest absolute Gasteiger partial charge is 0.405 e. The molecule has 0 heterocycles. The number of hydrogen-bond donors (Lipinski definition) is 3. The minimum absolute atomic E-state index is 0.413. The lowest BCUT2D eigenvalue weighted by Crippen LogP contribution is -2.05. The highest BCUT2D eigenvalue weighted by Crippen LogP contribution is 1.54. The molecule has 0 spiro atoms. The predicted octanol–water partition coefficient (Wildman–Crippen LogP) is -0.562. The van der Waals surface area contributed by atoms with Gasteiger partial charge >= 0.3 is 0 Å². The Bertz CT molecular complexity index is 44.1. The van der Waals surface area contributed by atoms with Crippen LogP contribution in [0.15, 0.2) is 12.3 Å². The lowest BCUT2D eigenvalue weighted by Gasteiger charge is -1.81. The molecule has 0 fully saturated rings. The molecule has 0 aromatic carbocycles. The van der Waals surface area contributed by atoms with E-state index < -0.39 is 0 Å². The van der Waals surface area contributed by atoms with Crippen molar-refractivity contribution in [3.63, 3.8) is 0 Å². The van der Waals surface area contributed by atoms with Crippen LogP contribution in [0.1, 0.15) is 0 Å². The number of nitrogens with two attached hydrogens (primary N) is 1. The van der Waals surface area contributed by atoms with E-state index in [9.17, 15) is 0 Å². The van der Waals surface area contributed by atoms with Crippen molar-refractivity contribution in [2.45, 2.75) is 0 Å². The molecule has 0 radical (unpaired) electrons. The second-order valence-corrected chi connectivity index (χ2v) is 0.790. The van der Waals surface area contributed by atoms with Gasteiger partial charge in [-0.3, -0.25) is 0 Å². The summed E-state index contributed by atoms with van der Waals surface area (Å²) in [6.07, 6.45) is 2.96. The average molecular weight is 88.1 g/mol. The third kappa shape index (κ3) is 3.46. The van der Waals surface area contributed by atoms with Crippen LogP contribution >= 0.6 is 0 Å². The van der Waals surface area contributed by atoms with Crippen molar-refractivity contribution < 1.29 is 5.21 Å². The van der Waals surface area contributed by atoms with Crippen molar-refractivity contribution in [2.24, 2.45) is 5.73 Å². The first-order valence-corrected chi connectivity index (χ1v) is 1.65. The molecule has 0 aliphatic rings. The monoisotopic (exact) mass is 88.1 g/mol. The number of hydrogen-bond acceptors (Lipinski definition) is 3. The van der Waals surface area contributed by atoms with E-state index >= 15 is 0 Å². The van der Waals surface area contributed by atoms with E-state index in [2.05, 4.69) is 0 Å². The molecule has 0 rings (SSSR count). The van der Waals surface area contributed by atoms with Gasteiger partial charge in [0.15, 0.2) is 0 Å². The first-order chi connectivity index (χ1) is 2.91. The molecule has 0 saturated heterocycles. The highest BCUT2D eigenvalue weighted by molar-refractivity contribution is 4.75. The number of nitrogens with one attached hydrogen (secondary N) is 1. The highest BCUT2D eigenvalue weighted by atomic mass is 16.5. The SMILES string of the molecule is NC=CCNO. The molecule has 36 valence electrons. The molecule has 0 aromatic rings. The zero-order chi connectivity index (χ0) is 4.83. The summed E-state index contributed by atoms with van der Waals surface area (Å²) in [4.78, 5) is 0. The van der Waals surface area contributed by atoms with Crippen molar-refractivity contribution in [2.75, 3.05) is 6.54 Å². The lowest BCUT2D eigenvalue weighted by atomic mass is 10.6. The summed E-state index contributed by atoms with van der Waals surface area (Å²) in [5.74, 6) is 0. The first-order valence-electron chi connectivity index (χ1n) is 1.65. The van der Waals surface area contributed by atoms with Gasteiger partial charge in [0.1, 0.15) is 0 Å². The van der Waals surface area contributed by atoms with Crippen LogP contribution in [0.25, 0.3) is 0 Å². The number of hydroxylamine groups is 1. The van der Waals surface area contributed by atoms with E-state index in [0.29, 0.717) is 6.54 Å². The molecule has 0 unspecified atom stereocenters. The van der Waals surface area contributed by atoms with E-state index in [0.717, 1.165) is 0 Å². The van der Waals surface area contributed by atoms with Crippen LogP contribution in [0, 0.1) is 0 Å². The summed E-state index contributed by atoms with van der Waals surface area (Å²) < 4.78 is 0. The maximum Gasteiger partial charge on any atom is 0.0404 e. The zero-order valence-electron chi connectivity index (χ0n) is 3.39. The molecule has 0 amide bonds. The Morgan fingerprint density at radius 3 is 2.67 bits per heavy atom. The molecule has 0 aromatic heterocycles. The van der Waals surface area contributed by atoms with Gasteiger partial charge < -0.3 is 10.9 Å². The van der Waals surface area contributed by atoms with Crippen LogP contribution in [0.4, 0.5) is 0 Å². The Morgan fingerprint density at radius 2 is 2.50 bits per heavy atom. The lowest BCUT2D eigenvalue weighted by molar-refractivity contribution is 0.179. The van der Waals surface area contributed by atoms with Crippen LogP contribution in [-0.4, -0.2) is 11.8 Å². The molecule has 0 bridgehead atoms. The standard InChI is InChI=1S/C3H8N2O/c4-2-1-3-5-6/h1-2,5-6H,3-4H2. The quantitative estimate of drug-likeness (QED) is 0.396. The van der Waals surface area contributed by atoms with E-state index in [4.69, 9.17) is 10.9 Å². The molecular formula is C3H8N2O. The summed E-state index contributed by atoms with van der Waals surface area (Å²) in [5.41, 5.74) is 6.78. The summed E-state index contributed by atoms with van der Waals surface area (Å²) >= 11 is 0. The first kappa shape index (κ1) is 5.46. The van der Waals surface area contributed by atoms with E-state index in [1.807, 2.05) is 5.48 Å². The zero-order valence-corrected chi connectivity index (χ0v) is 3.39. The van der Waals surface area contributed by atoms with Crippen LogP contribution in [0.5, 0.6) is 0 Å². The summed E-state index contributed by atoms with van der Waals surface area (Å²) in [6.45, 7) is 0.413. The van der Waals surface area contributed by atoms with Crippen molar-refractivity contribution in [3.8, 4) is 0 Å². The summed E-state index contributed by atoms with van der Waals surface area (Å²) in [5, 5.41) is 7.84. The molecular weight excluding hydrogens is 80.0 g/mol. The van der Waals surface area contributed by atoms with Crippen molar-refractivity contribution >= 4 is 0 Å². The van der Waals surface area contributed by atoms with Gasteiger partial charge in [-0.15, -0.1) is 0 Å². The number of rotatable bonds is 2. The normalized spacial score (nSPS) is 10.2. The fraction of sp³-hybridized carbons (Fsp3) is 0.333. The minimum Gasteiger partial charge on any atom is -0.405 e. The van der Waals surface area contributed by atoms with Crippen molar-refractivity contribution in [1.29, 1.82) is 0 Å². The molecule has 3 heteroatoms. The van der Waals surface area contributed by atoms with Gasteiger partial charge in [0.25, 0.3) is 0 Å². The molecule has 0 atom stereocenters. The van der Waals surface area contributed by atoms with Gasteiger partial charge in [0.2, 0.25) is 0 Å². The summed E-state index contributed by atoms with van der Waals surface area (Å²) in [7, 11) is 0. The highest BCUT2D eigenvalue weighted by Gasteiger charge is 1.62. The Kier molecular flexibility index (Phi) is 4.06. The summed E-state index contributed by atoms with van der Waals surface area (Å²) in [6, 6.07) is 0. The van der Waals surface area contributed by atoms with E-state index in [1.165, 1.54) is 6.20 Å². The fourth-order valence-corrected chi connectivity index (χ4v) is 0.121. The third-order valence-corrected chi connectivity index (χ3v) is 0.345. The van der Waals surface area contributed by atoms with Gasteiger partial charge in [0, 0.05) is 6.54 Å². The molecule has 0 saturated carbocycles. The molecule has 0 aliphatic heterocycles. The van der Waals surface area contributed by atoms with E-state index in [-0.39, 0.29) is 0 Å². The van der Waals surface area contributed by atoms with Gasteiger partial charge in [-0.2, -0.15) is 0 Å². The van der Waals surface area contributed by atoms with Crippen LogP contribution < -0.4 is 11.2 Å². The Labute approximate surface area is 36.4 Å². The molecule has 6 heavy (non-hydrogen) atoms. The fourth-order valence-electron chi connectivity index (χ4n) is 0.121. The van der Waals surface area contributed by atoms with Gasteiger partial charge in [-0.1, -0.05) is 6.08 Å². The van der Waals surface area contributed by atoms with Gasteiger partial charge in [-0.25, -0.2) is 5.48 Å². The molecule has 4 N–H and O–H groups in total. The maximum absolute atomic E-state index is 7.84. The average Bonchev–Trinajstić information content (AvgIpc) is 1.61. The Balaban J connectivity index is 2.66. The maximum atomic E-state index is 7.84. The van der Waals surface area contributed by atoms with Crippen LogP contribution in [0.3, 0.4) is 0 Å². The smallest absolute Gasteiger partial charge is 0.0404 e. The van der Waals surface area contributed by atoms with Gasteiger partial charge in [0.05, 0.1) is 0 Å². The topological polar surface area (TPSA) is 58.3 Å². The van der Waals surface area contributed by atoms with Crippen molar-refractivity contribution in [3.05, 3.63) is 12.3 Å². The van der Waals surface area contributed by atoms with Crippen LogP contribution in [0.2, 0.25) is 0 Å². The van der Waals surface area contributed by atoms with Crippen molar-refractivity contribution in [1.82, 2.24) is 5.48 Å². The Morgan fingerprint density at radius 1 is 1.83 bits per heavy atom.